The van der Waals surface area contributed by atoms with Gasteiger partial charge in [0, 0.05) is 48.7 Å². The lowest BCUT2D eigenvalue weighted by Gasteiger charge is -2.29. The normalized spacial score (nSPS) is 13.3. The van der Waals surface area contributed by atoms with Crippen molar-refractivity contribution in [1.82, 2.24) is 4.57 Å². The summed E-state index contributed by atoms with van der Waals surface area (Å²) in [5.41, 5.74) is 14.8. The van der Waals surface area contributed by atoms with Crippen LogP contribution in [-0.2, 0) is 5.41 Å². The average Bonchev–Trinajstić information content (AvgIpc) is 3.93. The van der Waals surface area contributed by atoms with Gasteiger partial charge in [-0.2, -0.15) is 0 Å². The molecular formula is C57H38N2S. The van der Waals surface area contributed by atoms with Gasteiger partial charge in [-0.3, -0.25) is 0 Å². The maximum Gasteiger partial charge on any atom is 0.0640 e. The van der Waals surface area contributed by atoms with Gasteiger partial charge in [0.05, 0.1) is 21.4 Å². The number of thiophene rings is 1. The predicted molar refractivity (Wildman–Crippen MR) is 258 cm³/mol. The van der Waals surface area contributed by atoms with Crippen LogP contribution in [0.1, 0.15) is 25.0 Å². The standard InChI is InChI=1S/C57H38N2S/c1-57(2)48-20-10-8-17-42(48)43-29-28-39(34-49(43)57)58(52-32-30-46-41-16-7-6-15-40(41)45-19-12-22-53-54(45)55(46)56(52)60-53)38-26-23-35(24-27-38)36-25-31-51-47(33-36)44-18-9-11-21-50(44)59(51)37-13-4-3-5-14-37/h3-34H,1-2H3. The molecule has 0 radical (unpaired) electrons. The molecule has 2 heterocycles. The second-order valence-corrected chi connectivity index (χ2v) is 17.9. The monoisotopic (exact) mass is 782 g/mol. The predicted octanol–water partition coefficient (Wildman–Crippen LogP) is 16.3. The van der Waals surface area contributed by atoms with Crippen LogP contribution in [0.2, 0.25) is 0 Å². The molecule has 0 amide bonds. The van der Waals surface area contributed by atoms with Crippen LogP contribution in [0.15, 0.2) is 194 Å². The molecule has 2 aromatic heterocycles. The number of aromatic nitrogens is 1. The molecule has 0 aliphatic heterocycles. The number of hydrogen-bond acceptors (Lipinski definition) is 2. The second-order valence-electron chi connectivity index (χ2n) is 16.9. The van der Waals surface area contributed by atoms with Crippen LogP contribution in [0, 0.1) is 0 Å². The maximum atomic E-state index is 2.51. The quantitative estimate of drug-likeness (QED) is 0.158. The van der Waals surface area contributed by atoms with E-state index >= 15 is 0 Å². The van der Waals surface area contributed by atoms with E-state index in [2.05, 4.69) is 217 Å². The Morgan fingerprint density at radius 1 is 0.433 bits per heavy atom. The highest BCUT2D eigenvalue weighted by atomic mass is 32.1. The first-order chi connectivity index (χ1) is 29.5. The molecule has 10 aromatic carbocycles. The third-order valence-electron chi connectivity index (χ3n) is 13.3. The minimum atomic E-state index is -0.115. The summed E-state index contributed by atoms with van der Waals surface area (Å²) < 4.78 is 5.03. The van der Waals surface area contributed by atoms with Gasteiger partial charge < -0.3 is 9.47 Å². The fourth-order valence-electron chi connectivity index (χ4n) is 10.6. The van der Waals surface area contributed by atoms with Crippen molar-refractivity contribution in [3.05, 3.63) is 205 Å². The summed E-state index contributed by atoms with van der Waals surface area (Å²) in [5.74, 6) is 0. The highest BCUT2D eigenvalue weighted by Crippen LogP contribution is 2.53. The van der Waals surface area contributed by atoms with Gasteiger partial charge in [0.2, 0.25) is 0 Å². The number of nitrogens with zero attached hydrogens (tertiary/aromatic N) is 2. The zero-order chi connectivity index (χ0) is 39.7. The zero-order valence-corrected chi connectivity index (χ0v) is 34.1. The van der Waals surface area contributed by atoms with Crippen molar-refractivity contribution in [1.29, 1.82) is 0 Å². The molecule has 0 unspecified atom stereocenters. The molecule has 1 aliphatic carbocycles. The van der Waals surface area contributed by atoms with Crippen molar-refractivity contribution < 1.29 is 0 Å². The van der Waals surface area contributed by atoms with E-state index in [-0.39, 0.29) is 5.41 Å². The van der Waals surface area contributed by atoms with Gasteiger partial charge >= 0.3 is 0 Å². The van der Waals surface area contributed by atoms with Gasteiger partial charge in [0.25, 0.3) is 0 Å². The Hall–Kier alpha value is -7.20. The summed E-state index contributed by atoms with van der Waals surface area (Å²) in [6, 6.07) is 72.2. The molecule has 0 saturated carbocycles. The van der Waals surface area contributed by atoms with Crippen LogP contribution in [0.5, 0.6) is 0 Å². The molecule has 0 spiro atoms. The van der Waals surface area contributed by atoms with Gasteiger partial charge in [-0.25, -0.2) is 0 Å². The summed E-state index contributed by atoms with van der Waals surface area (Å²) in [6.07, 6.45) is 0. The number of anilines is 3. The van der Waals surface area contributed by atoms with E-state index in [1.54, 1.807) is 0 Å². The van der Waals surface area contributed by atoms with Gasteiger partial charge in [-0.15, -0.1) is 11.3 Å². The van der Waals surface area contributed by atoms with Crippen LogP contribution >= 0.6 is 11.3 Å². The lowest BCUT2D eigenvalue weighted by molar-refractivity contribution is 0.660. The lowest BCUT2D eigenvalue weighted by Crippen LogP contribution is -2.16. The first-order valence-corrected chi connectivity index (χ1v) is 21.7. The van der Waals surface area contributed by atoms with Crippen molar-refractivity contribution in [2.45, 2.75) is 19.3 Å². The topological polar surface area (TPSA) is 8.17 Å². The molecule has 0 N–H and O–H groups in total. The van der Waals surface area contributed by atoms with Crippen LogP contribution in [-0.4, -0.2) is 4.57 Å². The van der Waals surface area contributed by atoms with Crippen molar-refractivity contribution >= 4 is 91.9 Å². The Kier molecular flexibility index (Phi) is 6.98. The molecule has 1 aliphatic rings. The Morgan fingerprint density at radius 3 is 1.92 bits per heavy atom. The number of benzene rings is 10. The molecular weight excluding hydrogens is 745 g/mol. The molecule has 0 bridgehead atoms. The molecule has 2 nitrogen and oxygen atoms in total. The van der Waals surface area contributed by atoms with Crippen LogP contribution in [0.4, 0.5) is 17.1 Å². The van der Waals surface area contributed by atoms with E-state index in [1.165, 1.54) is 114 Å². The second kappa shape index (κ2) is 12.4. The first-order valence-electron chi connectivity index (χ1n) is 20.8. The number of rotatable bonds is 5. The Labute approximate surface area is 352 Å². The van der Waals surface area contributed by atoms with Crippen molar-refractivity contribution in [2.75, 3.05) is 4.90 Å². The maximum absolute atomic E-state index is 2.51. The fraction of sp³-hybridized carbons (Fsp3) is 0.0526. The Morgan fingerprint density at radius 2 is 1.08 bits per heavy atom. The van der Waals surface area contributed by atoms with Gasteiger partial charge in [-0.05, 0) is 122 Å². The minimum absolute atomic E-state index is 0.115. The summed E-state index contributed by atoms with van der Waals surface area (Å²) in [4.78, 5) is 2.51. The average molecular weight is 783 g/mol. The Bertz CT molecular complexity index is 3680. The van der Waals surface area contributed by atoms with Gasteiger partial charge in [0.15, 0.2) is 0 Å². The third-order valence-corrected chi connectivity index (χ3v) is 14.5. The van der Waals surface area contributed by atoms with Gasteiger partial charge in [-0.1, -0.05) is 141 Å². The summed E-state index contributed by atoms with van der Waals surface area (Å²) in [7, 11) is 0. The van der Waals surface area contributed by atoms with E-state index in [4.69, 9.17) is 0 Å². The van der Waals surface area contributed by atoms with E-state index in [1.807, 2.05) is 11.3 Å². The van der Waals surface area contributed by atoms with E-state index in [0.717, 1.165) is 5.69 Å². The van der Waals surface area contributed by atoms with E-state index < -0.39 is 0 Å². The van der Waals surface area contributed by atoms with E-state index in [0.29, 0.717) is 0 Å². The lowest BCUT2D eigenvalue weighted by atomic mass is 9.82. The molecule has 0 atom stereocenters. The van der Waals surface area contributed by atoms with Gasteiger partial charge in [0.1, 0.15) is 0 Å². The third kappa shape index (κ3) is 4.64. The van der Waals surface area contributed by atoms with Crippen LogP contribution in [0.3, 0.4) is 0 Å². The van der Waals surface area contributed by atoms with Crippen molar-refractivity contribution in [3.63, 3.8) is 0 Å². The van der Waals surface area contributed by atoms with Crippen LogP contribution < -0.4 is 4.90 Å². The molecule has 0 fully saturated rings. The molecule has 60 heavy (non-hydrogen) atoms. The molecule has 12 aromatic rings. The number of fused-ring (bicyclic) bond motifs is 9. The van der Waals surface area contributed by atoms with Crippen molar-refractivity contribution in [3.8, 4) is 27.9 Å². The van der Waals surface area contributed by atoms with Crippen LogP contribution in [0.25, 0.3) is 91.5 Å². The van der Waals surface area contributed by atoms with Crippen molar-refractivity contribution in [2.24, 2.45) is 0 Å². The Balaban J connectivity index is 1.00. The highest BCUT2D eigenvalue weighted by Gasteiger charge is 2.36. The minimum Gasteiger partial charge on any atom is -0.309 e. The molecule has 282 valence electrons. The fourth-order valence-corrected chi connectivity index (χ4v) is 11.8. The summed E-state index contributed by atoms with van der Waals surface area (Å²) in [5, 5.41) is 10.5. The number of hydrogen-bond donors (Lipinski definition) is 0. The molecule has 0 saturated heterocycles. The summed E-state index contributed by atoms with van der Waals surface area (Å²) in [6.45, 7) is 4.75. The zero-order valence-electron chi connectivity index (χ0n) is 33.3. The largest absolute Gasteiger partial charge is 0.309 e. The first kappa shape index (κ1) is 33.7. The molecule has 13 rings (SSSR count). The molecule has 3 heteroatoms. The number of para-hydroxylation sites is 2. The van der Waals surface area contributed by atoms with E-state index in [9.17, 15) is 0 Å². The summed E-state index contributed by atoms with van der Waals surface area (Å²) >= 11 is 1.92. The highest BCUT2D eigenvalue weighted by molar-refractivity contribution is 7.26. The smallest absolute Gasteiger partial charge is 0.0640 e. The SMILES string of the molecule is CC1(C)c2ccccc2-c2ccc(N(c3ccc(-c4ccc5c(c4)c4ccccc4n5-c4ccccc4)cc3)c3ccc4c5ccccc5c5cccc6sc3c4c65)cc21.